The van der Waals surface area contributed by atoms with Crippen molar-refractivity contribution in [3.05, 3.63) is 34.1 Å². The molecule has 1 aromatic rings. The summed E-state index contributed by atoms with van der Waals surface area (Å²) in [4.78, 5) is 0. The van der Waals surface area contributed by atoms with Crippen LogP contribution in [0.4, 0.5) is 4.39 Å². The van der Waals surface area contributed by atoms with E-state index in [-0.39, 0.29) is 5.82 Å². The molecule has 1 N–H and O–H groups in total. The van der Waals surface area contributed by atoms with Crippen LogP contribution in [0.1, 0.15) is 31.9 Å². The van der Waals surface area contributed by atoms with E-state index in [0.29, 0.717) is 6.04 Å². The third kappa shape index (κ3) is 2.79. The zero-order valence-corrected chi connectivity index (χ0v) is 10.1. The molecule has 1 rings (SSSR count). The minimum atomic E-state index is -0.202. The van der Waals surface area contributed by atoms with E-state index >= 15 is 0 Å². The van der Waals surface area contributed by atoms with E-state index < -0.39 is 0 Å². The van der Waals surface area contributed by atoms with Gasteiger partial charge in [-0.15, -0.1) is 0 Å². The second-order valence-corrected chi connectivity index (χ2v) is 4.04. The van der Waals surface area contributed by atoms with Gasteiger partial charge < -0.3 is 5.32 Å². The summed E-state index contributed by atoms with van der Waals surface area (Å²) in [6.45, 7) is 5.10. The van der Waals surface area contributed by atoms with Crippen molar-refractivity contribution in [3.8, 4) is 0 Å². The number of nitrogens with one attached hydrogen (secondary N) is 1. The molecule has 0 bridgehead atoms. The van der Waals surface area contributed by atoms with Gasteiger partial charge in [-0.05, 0) is 30.7 Å². The second kappa shape index (κ2) is 5.47. The van der Waals surface area contributed by atoms with Crippen LogP contribution in [0.3, 0.4) is 0 Å². The molecule has 1 nitrogen and oxygen atoms in total. The van der Waals surface area contributed by atoms with Crippen LogP contribution < -0.4 is 5.32 Å². The fourth-order valence-corrected chi connectivity index (χ4v) is 2.13. The molecule has 0 aliphatic carbocycles. The predicted molar refractivity (Wildman–Crippen MR) is 60.8 cm³/mol. The largest absolute Gasteiger partial charge is 0.310 e. The molecule has 0 spiro atoms. The molecule has 0 heterocycles. The van der Waals surface area contributed by atoms with E-state index in [9.17, 15) is 4.39 Å². The van der Waals surface area contributed by atoms with E-state index in [1.165, 1.54) is 12.1 Å². The van der Waals surface area contributed by atoms with E-state index in [0.717, 1.165) is 23.0 Å². The topological polar surface area (TPSA) is 12.0 Å². The molecule has 1 unspecified atom stereocenters. The van der Waals surface area contributed by atoms with Crippen molar-refractivity contribution in [1.29, 1.82) is 0 Å². The fourth-order valence-electron chi connectivity index (χ4n) is 1.50. The van der Waals surface area contributed by atoms with Crippen LogP contribution in [0, 0.1) is 5.82 Å². The van der Waals surface area contributed by atoms with Crippen LogP contribution in [0.25, 0.3) is 0 Å². The molecular formula is C11H15BrFN. The highest BCUT2D eigenvalue weighted by molar-refractivity contribution is 9.10. The van der Waals surface area contributed by atoms with Gasteiger partial charge in [0.2, 0.25) is 0 Å². The van der Waals surface area contributed by atoms with Gasteiger partial charge in [-0.1, -0.05) is 35.8 Å². The zero-order chi connectivity index (χ0) is 10.6. The molecule has 3 heteroatoms. The Morgan fingerprint density at radius 1 is 1.43 bits per heavy atom. The maximum atomic E-state index is 12.9. The summed E-state index contributed by atoms with van der Waals surface area (Å²) in [5.74, 6) is -0.202. The molecule has 0 saturated carbocycles. The number of hydrogen-bond acceptors (Lipinski definition) is 1. The van der Waals surface area contributed by atoms with Crippen molar-refractivity contribution in [1.82, 2.24) is 5.32 Å². The van der Waals surface area contributed by atoms with Crippen molar-refractivity contribution in [2.24, 2.45) is 0 Å². The van der Waals surface area contributed by atoms with Crippen LogP contribution in [0.5, 0.6) is 0 Å². The summed E-state index contributed by atoms with van der Waals surface area (Å²) < 4.78 is 13.7. The lowest BCUT2D eigenvalue weighted by atomic mass is 10.0. The number of halogens is 2. The maximum Gasteiger partial charge on any atom is 0.124 e. The van der Waals surface area contributed by atoms with E-state index in [2.05, 4.69) is 35.1 Å². The highest BCUT2D eigenvalue weighted by atomic mass is 79.9. The van der Waals surface area contributed by atoms with Gasteiger partial charge in [-0.25, -0.2) is 4.39 Å². The van der Waals surface area contributed by atoms with Gasteiger partial charge in [0, 0.05) is 10.5 Å². The Morgan fingerprint density at radius 2 is 2.14 bits per heavy atom. The average Bonchev–Trinajstić information content (AvgIpc) is 2.15. The lowest BCUT2D eigenvalue weighted by Crippen LogP contribution is -2.20. The van der Waals surface area contributed by atoms with Gasteiger partial charge >= 0.3 is 0 Å². The van der Waals surface area contributed by atoms with Crippen LogP contribution >= 0.6 is 15.9 Å². The Bertz CT molecular complexity index is 301. The molecule has 0 aromatic heterocycles. The summed E-state index contributed by atoms with van der Waals surface area (Å²) in [7, 11) is 0. The molecule has 14 heavy (non-hydrogen) atoms. The normalized spacial score (nSPS) is 12.9. The molecule has 78 valence electrons. The standard InChI is InChI=1S/C11H15BrFN/c1-3-11(14-4-2)9-6-5-8(13)7-10(9)12/h5-7,11,14H,3-4H2,1-2H3. The smallest absolute Gasteiger partial charge is 0.124 e. The summed E-state index contributed by atoms with van der Waals surface area (Å²) in [6, 6.07) is 5.14. The zero-order valence-electron chi connectivity index (χ0n) is 8.48. The number of rotatable bonds is 4. The Hall–Kier alpha value is -0.410. The molecule has 0 aliphatic heterocycles. The first-order valence-electron chi connectivity index (χ1n) is 4.87. The molecule has 0 aliphatic rings. The third-order valence-electron chi connectivity index (χ3n) is 2.20. The number of benzene rings is 1. The SMILES string of the molecule is CCNC(CC)c1ccc(F)cc1Br. The first kappa shape index (κ1) is 11.7. The lowest BCUT2D eigenvalue weighted by Gasteiger charge is -2.17. The minimum absolute atomic E-state index is 0.202. The van der Waals surface area contributed by atoms with Gasteiger partial charge in [0.05, 0.1) is 0 Å². The molecule has 1 aromatic carbocycles. The van der Waals surface area contributed by atoms with Crippen molar-refractivity contribution in [2.75, 3.05) is 6.54 Å². The highest BCUT2D eigenvalue weighted by Gasteiger charge is 2.11. The maximum absolute atomic E-state index is 12.9. The van der Waals surface area contributed by atoms with Gasteiger partial charge in [0.25, 0.3) is 0 Å². The first-order chi connectivity index (χ1) is 6.69. The molecule has 0 radical (unpaired) electrons. The molecular weight excluding hydrogens is 245 g/mol. The van der Waals surface area contributed by atoms with Gasteiger partial charge in [0.15, 0.2) is 0 Å². The Morgan fingerprint density at radius 3 is 2.64 bits per heavy atom. The van der Waals surface area contributed by atoms with Crippen molar-refractivity contribution < 1.29 is 4.39 Å². The average molecular weight is 260 g/mol. The third-order valence-corrected chi connectivity index (χ3v) is 2.88. The summed E-state index contributed by atoms with van der Waals surface area (Å²) in [5.41, 5.74) is 1.12. The van der Waals surface area contributed by atoms with Crippen LogP contribution in [-0.2, 0) is 0 Å². The van der Waals surface area contributed by atoms with E-state index in [1.54, 1.807) is 0 Å². The van der Waals surface area contributed by atoms with Crippen LogP contribution in [-0.4, -0.2) is 6.54 Å². The second-order valence-electron chi connectivity index (χ2n) is 3.18. The monoisotopic (exact) mass is 259 g/mol. The van der Waals surface area contributed by atoms with Gasteiger partial charge in [-0.3, -0.25) is 0 Å². The Kier molecular flexibility index (Phi) is 4.55. The van der Waals surface area contributed by atoms with E-state index in [4.69, 9.17) is 0 Å². The quantitative estimate of drug-likeness (QED) is 0.871. The Labute approximate surface area is 92.8 Å². The number of hydrogen-bond donors (Lipinski definition) is 1. The van der Waals surface area contributed by atoms with Crippen molar-refractivity contribution >= 4 is 15.9 Å². The van der Waals surface area contributed by atoms with Crippen LogP contribution in [0.15, 0.2) is 22.7 Å². The molecule has 0 saturated heterocycles. The fraction of sp³-hybridized carbons (Fsp3) is 0.455. The Balaban J connectivity index is 2.92. The highest BCUT2D eigenvalue weighted by Crippen LogP contribution is 2.26. The molecule has 0 fully saturated rings. The summed E-state index contributed by atoms with van der Waals surface area (Å²) in [5, 5.41) is 3.36. The van der Waals surface area contributed by atoms with E-state index in [1.807, 2.05) is 6.07 Å². The van der Waals surface area contributed by atoms with Crippen molar-refractivity contribution in [3.63, 3.8) is 0 Å². The lowest BCUT2D eigenvalue weighted by molar-refractivity contribution is 0.533. The summed E-state index contributed by atoms with van der Waals surface area (Å²) in [6.07, 6.45) is 0.998. The van der Waals surface area contributed by atoms with Crippen molar-refractivity contribution in [2.45, 2.75) is 26.3 Å². The predicted octanol–water partition coefficient (Wildman–Crippen LogP) is 3.65. The first-order valence-corrected chi connectivity index (χ1v) is 5.66. The summed E-state index contributed by atoms with van der Waals surface area (Å²) >= 11 is 3.38. The van der Waals surface area contributed by atoms with Gasteiger partial charge in [-0.2, -0.15) is 0 Å². The molecule has 0 amide bonds. The van der Waals surface area contributed by atoms with Crippen LogP contribution in [0.2, 0.25) is 0 Å². The molecule has 1 atom stereocenters. The minimum Gasteiger partial charge on any atom is -0.310 e. The van der Waals surface area contributed by atoms with Gasteiger partial charge in [0.1, 0.15) is 5.82 Å².